The first-order valence-electron chi connectivity index (χ1n) is 7.01. The SMILES string of the molecule is C/C=C/CC=C=Cc1ccccc1C=C=CC/C=C/C. The van der Waals surface area contributed by atoms with Gasteiger partial charge in [0.25, 0.3) is 0 Å². The molecule has 102 valence electrons. The maximum absolute atomic E-state index is 3.22. The minimum Gasteiger partial charge on any atom is -0.124 e. The zero-order valence-corrected chi connectivity index (χ0v) is 12.3. The molecule has 0 atom stereocenters. The summed E-state index contributed by atoms with van der Waals surface area (Å²) in [4.78, 5) is 0. The second-order valence-corrected chi connectivity index (χ2v) is 4.27. The fraction of sp³-hybridized carbons (Fsp3) is 0.200. The first-order chi connectivity index (χ1) is 9.88. The van der Waals surface area contributed by atoms with Crippen LogP contribution in [-0.4, -0.2) is 0 Å². The highest BCUT2D eigenvalue weighted by molar-refractivity contribution is 5.64. The van der Waals surface area contributed by atoms with Crippen LogP contribution in [0.3, 0.4) is 0 Å². The van der Waals surface area contributed by atoms with E-state index in [9.17, 15) is 0 Å². The molecule has 0 heterocycles. The number of benzene rings is 1. The van der Waals surface area contributed by atoms with Crippen molar-refractivity contribution in [1.29, 1.82) is 0 Å². The summed E-state index contributed by atoms with van der Waals surface area (Å²) < 4.78 is 0. The third kappa shape index (κ3) is 6.61. The van der Waals surface area contributed by atoms with E-state index < -0.39 is 0 Å². The molecule has 0 unspecified atom stereocenters. The molecule has 0 heteroatoms. The molecule has 0 spiro atoms. The van der Waals surface area contributed by atoms with Gasteiger partial charge in [-0.1, -0.05) is 48.6 Å². The van der Waals surface area contributed by atoms with Crippen molar-refractivity contribution in [2.45, 2.75) is 26.7 Å². The van der Waals surface area contributed by atoms with Gasteiger partial charge in [0.05, 0.1) is 0 Å². The Morgan fingerprint density at radius 3 is 1.65 bits per heavy atom. The molecule has 0 N–H and O–H groups in total. The maximum atomic E-state index is 3.22. The van der Waals surface area contributed by atoms with Crippen molar-refractivity contribution in [2.24, 2.45) is 0 Å². The zero-order chi connectivity index (χ0) is 14.5. The van der Waals surface area contributed by atoms with Crippen molar-refractivity contribution < 1.29 is 0 Å². The summed E-state index contributed by atoms with van der Waals surface area (Å²) >= 11 is 0. The average Bonchev–Trinajstić information content (AvgIpc) is 2.48. The van der Waals surface area contributed by atoms with Crippen LogP contribution in [0.25, 0.3) is 12.2 Å². The summed E-state index contributed by atoms with van der Waals surface area (Å²) in [6.45, 7) is 4.05. The monoisotopic (exact) mass is 262 g/mol. The van der Waals surface area contributed by atoms with Gasteiger partial charge in [-0.3, -0.25) is 0 Å². The fourth-order valence-corrected chi connectivity index (χ4v) is 1.62. The van der Waals surface area contributed by atoms with Gasteiger partial charge in [0.15, 0.2) is 0 Å². The molecule has 0 radical (unpaired) electrons. The molecule has 0 aliphatic heterocycles. The molecule has 1 aromatic rings. The Kier molecular flexibility index (Phi) is 8.41. The van der Waals surface area contributed by atoms with Crippen LogP contribution in [0.2, 0.25) is 0 Å². The van der Waals surface area contributed by atoms with E-state index in [1.165, 1.54) is 0 Å². The minimum atomic E-state index is 0.925. The van der Waals surface area contributed by atoms with Crippen molar-refractivity contribution in [3.05, 3.63) is 83.3 Å². The maximum Gasteiger partial charge on any atom is -0.00930 e. The molecule has 0 aliphatic rings. The molecular formula is C20H22. The predicted octanol–water partition coefficient (Wildman–Crippen LogP) is 5.96. The highest BCUT2D eigenvalue weighted by atomic mass is 14.0. The van der Waals surface area contributed by atoms with Gasteiger partial charge in [0, 0.05) is 0 Å². The first kappa shape index (κ1) is 15.8. The molecular weight excluding hydrogens is 240 g/mol. The van der Waals surface area contributed by atoms with E-state index in [1.807, 2.05) is 62.4 Å². The molecule has 20 heavy (non-hydrogen) atoms. The normalized spacial score (nSPS) is 10.1. The van der Waals surface area contributed by atoms with E-state index in [1.54, 1.807) is 0 Å². The van der Waals surface area contributed by atoms with Gasteiger partial charge in [-0.2, -0.15) is 0 Å². The molecule has 0 bridgehead atoms. The lowest BCUT2D eigenvalue weighted by Crippen LogP contribution is -1.77. The van der Waals surface area contributed by atoms with Gasteiger partial charge in [0.2, 0.25) is 0 Å². The van der Waals surface area contributed by atoms with Crippen molar-refractivity contribution in [3.63, 3.8) is 0 Å². The van der Waals surface area contributed by atoms with Crippen LogP contribution < -0.4 is 0 Å². The summed E-state index contributed by atoms with van der Waals surface area (Å²) in [6, 6.07) is 8.27. The second kappa shape index (κ2) is 10.6. The van der Waals surface area contributed by atoms with Crippen molar-refractivity contribution in [2.75, 3.05) is 0 Å². The smallest absolute Gasteiger partial charge is 0.00930 e. The quantitative estimate of drug-likeness (QED) is 0.438. The van der Waals surface area contributed by atoms with Crippen molar-refractivity contribution in [3.8, 4) is 0 Å². The highest BCUT2D eigenvalue weighted by Crippen LogP contribution is 2.11. The van der Waals surface area contributed by atoms with E-state index in [0.717, 1.165) is 24.0 Å². The summed E-state index contributed by atoms with van der Waals surface area (Å²) in [5, 5.41) is 0. The molecule has 0 saturated heterocycles. The van der Waals surface area contributed by atoms with Gasteiger partial charge >= 0.3 is 0 Å². The Labute approximate surface area is 122 Å². The Hall–Kier alpha value is -2.26. The molecule has 0 fully saturated rings. The lowest BCUT2D eigenvalue weighted by atomic mass is 10.1. The predicted molar refractivity (Wildman–Crippen MR) is 90.4 cm³/mol. The molecule has 0 aliphatic carbocycles. The van der Waals surface area contributed by atoms with E-state index in [-0.39, 0.29) is 0 Å². The number of hydrogen-bond donors (Lipinski definition) is 0. The van der Waals surface area contributed by atoms with Crippen LogP contribution in [-0.2, 0) is 0 Å². The van der Waals surface area contributed by atoms with Crippen LogP contribution in [0, 0.1) is 0 Å². The number of allylic oxidation sites excluding steroid dienone is 6. The van der Waals surface area contributed by atoms with Crippen LogP contribution in [0.15, 0.2) is 72.2 Å². The number of hydrogen-bond acceptors (Lipinski definition) is 0. The van der Waals surface area contributed by atoms with Gasteiger partial charge in [-0.25, -0.2) is 0 Å². The summed E-state index contributed by atoms with van der Waals surface area (Å²) in [5.74, 6) is 0. The standard InChI is InChI=1S/C20H22/c1-3-5-7-9-11-15-19-17-13-14-18-20(19)16-12-10-8-6-4-2/h3-6,9-10,13-18H,7-8H2,1-2H3/b5-3+,6-4+. The van der Waals surface area contributed by atoms with Crippen LogP contribution in [0.1, 0.15) is 37.8 Å². The van der Waals surface area contributed by atoms with Gasteiger partial charge in [-0.05, 0) is 62.1 Å². The van der Waals surface area contributed by atoms with Gasteiger partial charge in [0.1, 0.15) is 0 Å². The van der Waals surface area contributed by atoms with E-state index in [2.05, 4.69) is 35.7 Å². The summed E-state index contributed by atoms with van der Waals surface area (Å²) in [7, 11) is 0. The van der Waals surface area contributed by atoms with E-state index in [0.29, 0.717) is 0 Å². The molecule has 1 aromatic carbocycles. The van der Waals surface area contributed by atoms with Gasteiger partial charge in [-0.15, -0.1) is 11.5 Å². The Bertz CT molecular complexity index is 517. The molecule has 0 aromatic heterocycles. The lowest BCUT2D eigenvalue weighted by molar-refractivity contribution is 1.38. The van der Waals surface area contributed by atoms with E-state index in [4.69, 9.17) is 0 Å². The number of rotatable bonds is 6. The van der Waals surface area contributed by atoms with E-state index >= 15 is 0 Å². The zero-order valence-electron chi connectivity index (χ0n) is 12.3. The minimum absolute atomic E-state index is 0.925. The Morgan fingerprint density at radius 1 is 0.800 bits per heavy atom. The van der Waals surface area contributed by atoms with Crippen molar-refractivity contribution >= 4 is 12.2 Å². The van der Waals surface area contributed by atoms with Crippen LogP contribution >= 0.6 is 0 Å². The molecule has 0 amide bonds. The first-order valence-corrected chi connectivity index (χ1v) is 7.01. The summed E-state index contributed by atoms with van der Waals surface area (Å²) in [5.41, 5.74) is 8.76. The Balaban J connectivity index is 2.83. The van der Waals surface area contributed by atoms with Crippen LogP contribution in [0.5, 0.6) is 0 Å². The molecule has 0 saturated carbocycles. The average molecular weight is 262 g/mol. The third-order valence-electron chi connectivity index (χ3n) is 2.69. The largest absolute Gasteiger partial charge is 0.124 e. The fourth-order valence-electron chi connectivity index (χ4n) is 1.62. The third-order valence-corrected chi connectivity index (χ3v) is 2.69. The summed E-state index contributed by atoms with van der Waals surface area (Å²) in [6.07, 6.45) is 18.3. The van der Waals surface area contributed by atoms with Gasteiger partial charge < -0.3 is 0 Å². The lowest BCUT2D eigenvalue weighted by Gasteiger charge is -1.96. The highest BCUT2D eigenvalue weighted by Gasteiger charge is 1.92. The Morgan fingerprint density at radius 2 is 1.25 bits per heavy atom. The second-order valence-electron chi connectivity index (χ2n) is 4.27. The molecule has 1 rings (SSSR count). The van der Waals surface area contributed by atoms with Crippen molar-refractivity contribution in [1.82, 2.24) is 0 Å². The van der Waals surface area contributed by atoms with Crippen LogP contribution in [0.4, 0.5) is 0 Å². The molecule has 0 nitrogen and oxygen atoms in total. The topological polar surface area (TPSA) is 0 Å².